The number of aromatic nitrogens is 2. The molecule has 1 aromatic heterocycles. The van der Waals surface area contributed by atoms with Crippen molar-refractivity contribution in [2.75, 3.05) is 29.9 Å². The second kappa shape index (κ2) is 8.98. The number of carbonyl (C=O) groups is 2. The van der Waals surface area contributed by atoms with Crippen LogP contribution in [0.25, 0.3) is 0 Å². The van der Waals surface area contributed by atoms with Crippen LogP contribution in [0.5, 0.6) is 0 Å². The molecule has 0 saturated carbocycles. The first kappa shape index (κ1) is 21.4. The molecule has 0 radical (unpaired) electrons. The van der Waals surface area contributed by atoms with Gasteiger partial charge in [0.25, 0.3) is 5.91 Å². The Morgan fingerprint density at radius 2 is 1.97 bits per heavy atom. The summed E-state index contributed by atoms with van der Waals surface area (Å²) in [6.07, 6.45) is 0.634. The van der Waals surface area contributed by atoms with Gasteiger partial charge in [0, 0.05) is 54.1 Å². The summed E-state index contributed by atoms with van der Waals surface area (Å²) >= 11 is 1.87. The van der Waals surface area contributed by atoms with E-state index in [1.54, 1.807) is 12.1 Å². The minimum atomic E-state index is -0.187. The summed E-state index contributed by atoms with van der Waals surface area (Å²) in [5, 5.41) is 6.88. The number of anilines is 1. The van der Waals surface area contributed by atoms with Crippen molar-refractivity contribution in [3.63, 3.8) is 0 Å². The molecule has 29 heavy (non-hydrogen) atoms. The van der Waals surface area contributed by atoms with Gasteiger partial charge in [-0.1, -0.05) is 25.9 Å². The number of nitrogens with zero attached hydrogens (tertiary/aromatic N) is 3. The lowest BCUT2D eigenvalue weighted by Crippen LogP contribution is -2.37. The normalized spacial score (nSPS) is 14.7. The van der Waals surface area contributed by atoms with Gasteiger partial charge in [-0.3, -0.25) is 9.59 Å². The molecular formula is C21H28N4O3S. The smallest absolute Gasteiger partial charge is 0.253 e. The summed E-state index contributed by atoms with van der Waals surface area (Å²) in [6, 6.07) is 5.41. The molecule has 1 aliphatic rings. The summed E-state index contributed by atoms with van der Waals surface area (Å²) in [6.45, 7) is 9.49. The third kappa shape index (κ3) is 5.59. The van der Waals surface area contributed by atoms with Gasteiger partial charge in [0.05, 0.1) is 0 Å². The molecule has 1 fully saturated rings. The van der Waals surface area contributed by atoms with E-state index in [-0.39, 0.29) is 23.7 Å². The molecular weight excluding hydrogens is 388 g/mol. The van der Waals surface area contributed by atoms with Crippen molar-refractivity contribution in [3.8, 4) is 0 Å². The van der Waals surface area contributed by atoms with E-state index in [1.807, 2.05) is 50.4 Å². The number of hydrogen-bond donors (Lipinski definition) is 1. The molecule has 1 aromatic carbocycles. The van der Waals surface area contributed by atoms with Crippen LogP contribution in [0.2, 0.25) is 0 Å². The number of thioether (sulfide) groups is 1. The van der Waals surface area contributed by atoms with E-state index in [2.05, 4.69) is 15.5 Å². The molecule has 3 rings (SSSR count). The molecule has 1 N–H and O–H groups in total. The maximum atomic E-state index is 12.6. The molecule has 1 aliphatic heterocycles. The zero-order valence-corrected chi connectivity index (χ0v) is 18.3. The minimum Gasteiger partial charge on any atom is -0.339 e. The lowest BCUT2D eigenvalue weighted by atomic mass is 9.96. The van der Waals surface area contributed by atoms with Crippen molar-refractivity contribution in [3.05, 3.63) is 41.0 Å². The lowest BCUT2D eigenvalue weighted by molar-refractivity contribution is -0.116. The fourth-order valence-corrected chi connectivity index (χ4v) is 3.88. The molecule has 2 amide bonds. The van der Waals surface area contributed by atoms with E-state index in [1.165, 1.54) is 0 Å². The number of hydrogen-bond acceptors (Lipinski definition) is 6. The van der Waals surface area contributed by atoms with Crippen LogP contribution in [0, 0.1) is 6.92 Å². The Morgan fingerprint density at radius 1 is 1.24 bits per heavy atom. The minimum absolute atomic E-state index is 0.0531. The Morgan fingerprint density at radius 3 is 2.59 bits per heavy atom. The fourth-order valence-electron chi connectivity index (χ4n) is 2.98. The number of aryl methyl sites for hydroxylation is 2. The lowest BCUT2D eigenvalue weighted by Gasteiger charge is -2.26. The Bertz CT molecular complexity index is 882. The Kier molecular flexibility index (Phi) is 6.62. The quantitative estimate of drug-likeness (QED) is 0.803. The van der Waals surface area contributed by atoms with Crippen LogP contribution in [0.1, 0.15) is 54.8 Å². The highest BCUT2D eigenvalue weighted by Gasteiger charge is 2.21. The van der Waals surface area contributed by atoms with E-state index >= 15 is 0 Å². The first-order valence-corrected chi connectivity index (χ1v) is 11.0. The third-order valence-corrected chi connectivity index (χ3v) is 5.69. The van der Waals surface area contributed by atoms with Crippen LogP contribution in [0.3, 0.4) is 0 Å². The second-order valence-electron chi connectivity index (χ2n) is 8.24. The van der Waals surface area contributed by atoms with Crippen molar-refractivity contribution < 1.29 is 14.1 Å². The van der Waals surface area contributed by atoms with Gasteiger partial charge in [-0.05, 0) is 30.7 Å². The van der Waals surface area contributed by atoms with Gasteiger partial charge in [-0.15, -0.1) is 0 Å². The van der Waals surface area contributed by atoms with Crippen molar-refractivity contribution in [1.29, 1.82) is 0 Å². The van der Waals surface area contributed by atoms with E-state index in [9.17, 15) is 9.59 Å². The number of amides is 2. The maximum absolute atomic E-state index is 12.6. The van der Waals surface area contributed by atoms with E-state index < -0.39 is 0 Å². The van der Waals surface area contributed by atoms with Crippen LogP contribution in [-0.2, 0) is 16.6 Å². The van der Waals surface area contributed by atoms with Gasteiger partial charge in [0.2, 0.25) is 11.8 Å². The average molecular weight is 417 g/mol. The van der Waals surface area contributed by atoms with Crippen LogP contribution >= 0.6 is 11.8 Å². The molecule has 2 aromatic rings. The monoisotopic (exact) mass is 416 g/mol. The van der Waals surface area contributed by atoms with Gasteiger partial charge in [-0.25, -0.2) is 0 Å². The molecule has 0 unspecified atom stereocenters. The number of carbonyl (C=O) groups excluding carboxylic acids is 2. The van der Waals surface area contributed by atoms with Crippen molar-refractivity contribution in [2.45, 2.75) is 46.0 Å². The Balaban J connectivity index is 1.56. The third-order valence-electron chi connectivity index (χ3n) is 4.75. The number of benzene rings is 1. The highest BCUT2D eigenvalue weighted by molar-refractivity contribution is 7.99. The molecule has 0 atom stereocenters. The fraction of sp³-hybridized carbons (Fsp3) is 0.524. The van der Waals surface area contributed by atoms with Gasteiger partial charge in [-0.2, -0.15) is 16.7 Å². The molecule has 156 valence electrons. The number of rotatable bonds is 5. The maximum Gasteiger partial charge on any atom is 0.253 e. The number of nitrogens with one attached hydrogen (secondary N) is 1. The van der Waals surface area contributed by atoms with E-state index in [0.29, 0.717) is 29.4 Å². The van der Waals surface area contributed by atoms with E-state index in [4.69, 9.17) is 4.52 Å². The molecule has 0 aliphatic carbocycles. The summed E-state index contributed by atoms with van der Waals surface area (Å²) in [7, 11) is 0. The summed E-state index contributed by atoms with van der Waals surface area (Å²) in [5.74, 6) is 2.98. The van der Waals surface area contributed by atoms with Crippen LogP contribution in [0.15, 0.2) is 22.7 Å². The summed E-state index contributed by atoms with van der Waals surface area (Å²) in [4.78, 5) is 31.2. The highest BCUT2D eigenvalue weighted by atomic mass is 32.2. The van der Waals surface area contributed by atoms with Gasteiger partial charge in [0.15, 0.2) is 5.82 Å². The largest absolute Gasteiger partial charge is 0.339 e. The predicted molar refractivity (Wildman–Crippen MR) is 114 cm³/mol. The summed E-state index contributed by atoms with van der Waals surface area (Å²) < 4.78 is 5.23. The second-order valence-corrected chi connectivity index (χ2v) is 9.47. The Hall–Kier alpha value is -2.35. The van der Waals surface area contributed by atoms with Gasteiger partial charge < -0.3 is 14.7 Å². The first-order chi connectivity index (χ1) is 13.7. The molecule has 1 saturated heterocycles. The Labute approximate surface area is 175 Å². The van der Waals surface area contributed by atoms with Crippen LogP contribution in [0.4, 0.5) is 5.69 Å². The van der Waals surface area contributed by atoms with Crippen molar-refractivity contribution in [2.24, 2.45) is 0 Å². The molecule has 0 bridgehead atoms. The zero-order valence-electron chi connectivity index (χ0n) is 17.4. The van der Waals surface area contributed by atoms with Crippen molar-refractivity contribution in [1.82, 2.24) is 15.0 Å². The standard InChI is InChI=1S/C21H28N4O3S/c1-14-13-15(19(27)25-9-11-29-12-10-25)5-6-16(14)22-17(26)7-8-18-23-20(24-28-18)21(2,3)4/h5-6,13H,7-12H2,1-4H3,(H,22,26). The average Bonchev–Trinajstić information content (AvgIpc) is 3.18. The highest BCUT2D eigenvalue weighted by Crippen LogP contribution is 2.21. The van der Waals surface area contributed by atoms with Crippen LogP contribution in [-0.4, -0.2) is 51.5 Å². The molecule has 7 nitrogen and oxygen atoms in total. The zero-order chi connectivity index (χ0) is 21.0. The van der Waals surface area contributed by atoms with Gasteiger partial charge in [0.1, 0.15) is 0 Å². The van der Waals surface area contributed by atoms with Gasteiger partial charge >= 0.3 is 0 Å². The van der Waals surface area contributed by atoms with Crippen molar-refractivity contribution >= 4 is 29.3 Å². The van der Waals surface area contributed by atoms with Crippen LogP contribution < -0.4 is 5.32 Å². The summed E-state index contributed by atoms with van der Waals surface area (Å²) in [5.41, 5.74) is 2.05. The molecule has 0 spiro atoms. The molecule has 8 heteroatoms. The van der Waals surface area contributed by atoms with E-state index in [0.717, 1.165) is 30.2 Å². The predicted octanol–water partition coefficient (Wildman–Crippen LogP) is 3.44. The SMILES string of the molecule is Cc1cc(C(=O)N2CCSCC2)ccc1NC(=O)CCc1nc(C(C)(C)C)no1. The molecule has 2 heterocycles. The topological polar surface area (TPSA) is 88.3 Å². The first-order valence-electron chi connectivity index (χ1n) is 9.84.